The lowest BCUT2D eigenvalue weighted by atomic mass is 9.94. The number of methoxy groups -OCH3 is 1. The van der Waals surface area contributed by atoms with E-state index in [1.54, 1.807) is 17.2 Å². The molecule has 2 aromatic heterocycles. The number of amides is 1. The summed E-state index contributed by atoms with van der Waals surface area (Å²) in [6.07, 6.45) is 5.87. The van der Waals surface area contributed by atoms with Crippen LogP contribution >= 0.6 is 0 Å². The summed E-state index contributed by atoms with van der Waals surface area (Å²) in [5.74, 6) is 0.154. The van der Waals surface area contributed by atoms with E-state index in [0.29, 0.717) is 18.7 Å². The van der Waals surface area contributed by atoms with Gasteiger partial charge in [0.05, 0.1) is 19.7 Å². The molecule has 0 unspecified atom stereocenters. The van der Waals surface area contributed by atoms with Gasteiger partial charge in [-0.15, -0.1) is 0 Å². The van der Waals surface area contributed by atoms with Gasteiger partial charge < -0.3 is 19.5 Å². The first-order chi connectivity index (χ1) is 14.5. The van der Waals surface area contributed by atoms with Crippen molar-refractivity contribution in [3.8, 4) is 5.75 Å². The van der Waals surface area contributed by atoms with Gasteiger partial charge >= 0.3 is 0 Å². The standard InChI is InChI=1S/C22H24FN5O2/c1-14(17-11-19(30-3)20(23)26-12-17)28-8-6-16-5-4-15(10-18(16)21(28)29)13-27-9-7-25-22(27)24-2/h4-5,7,9-12,14H,6,8,13H2,1-3H3,(H,24,25)/t14-/m1/s1. The minimum absolute atomic E-state index is 0.0339. The van der Waals surface area contributed by atoms with Gasteiger partial charge in [0.1, 0.15) is 0 Å². The van der Waals surface area contributed by atoms with E-state index in [1.165, 1.54) is 13.3 Å². The first-order valence-electron chi connectivity index (χ1n) is 9.83. The Kier molecular flexibility index (Phi) is 5.39. The molecule has 8 heteroatoms. The number of nitrogens with zero attached hydrogens (tertiary/aromatic N) is 4. The number of ether oxygens (including phenoxy) is 1. The van der Waals surface area contributed by atoms with Gasteiger partial charge in [0.25, 0.3) is 11.9 Å². The third-order valence-electron chi connectivity index (χ3n) is 5.58. The second kappa shape index (κ2) is 8.14. The molecular weight excluding hydrogens is 385 g/mol. The highest BCUT2D eigenvalue weighted by atomic mass is 19.1. The molecule has 30 heavy (non-hydrogen) atoms. The molecule has 0 saturated carbocycles. The number of imidazole rings is 1. The van der Waals surface area contributed by atoms with Gasteiger partial charge in [-0.3, -0.25) is 4.79 Å². The molecule has 0 fully saturated rings. The van der Waals surface area contributed by atoms with E-state index in [1.807, 2.05) is 36.9 Å². The number of pyridine rings is 1. The van der Waals surface area contributed by atoms with Crippen molar-refractivity contribution in [1.29, 1.82) is 0 Å². The lowest BCUT2D eigenvalue weighted by Crippen LogP contribution is -2.39. The number of hydrogen-bond donors (Lipinski definition) is 1. The maximum absolute atomic E-state index is 13.7. The SMILES string of the molecule is CNc1nccn1Cc1ccc2c(c1)C(=O)N([C@H](C)c1cnc(F)c(OC)c1)CC2. The molecule has 3 heterocycles. The van der Waals surface area contributed by atoms with Crippen LogP contribution in [0.25, 0.3) is 0 Å². The molecule has 156 valence electrons. The molecule has 1 aromatic carbocycles. The van der Waals surface area contributed by atoms with Crippen LogP contribution in [0.3, 0.4) is 0 Å². The summed E-state index contributed by atoms with van der Waals surface area (Å²) in [5.41, 5.74) is 3.51. The van der Waals surface area contributed by atoms with Crippen molar-refractivity contribution in [2.75, 3.05) is 26.0 Å². The van der Waals surface area contributed by atoms with E-state index in [-0.39, 0.29) is 17.7 Å². The van der Waals surface area contributed by atoms with Gasteiger partial charge in [-0.05, 0) is 42.2 Å². The quantitative estimate of drug-likeness (QED) is 0.633. The number of halogens is 1. The van der Waals surface area contributed by atoms with Crippen molar-refractivity contribution in [3.63, 3.8) is 0 Å². The van der Waals surface area contributed by atoms with Gasteiger partial charge in [0.2, 0.25) is 5.95 Å². The second-order valence-corrected chi connectivity index (χ2v) is 7.31. The number of benzene rings is 1. The Morgan fingerprint density at radius 3 is 2.90 bits per heavy atom. The van der Waals surface area contributed by atoms with Crippen molar-refractivity contribution < 1.29 is 13.9 Å². The van der Waals surface area contributed by atoms with Gasteiger partial charge in [-0.1, -0.05) is 12.1 Å². The number of rotatable bonds is 6. The molecule has 7 nitrogen and oxygen atoms in total. The van der Waals surface area contributed by atoms with Crippen LogP contribution in [-0.4, -0.2) is 46.0 Å². The predicted octanol–water partition coefficient (Wildman–Crippen LogP) is 3.28. The summed E-state index contributed by atoms with van der Waals surface area (Å²) < 4.78 is 20.7. The molecular formula is C22H24FN5O2. The molecule has 1 atom stereocenters. The molecule has 0 saturated heterocycles. The fourth-order valence-electron chi connectivity index (χ4n) is 3.86. The highest BCUT2D eigenvalue weighted by molar-refractivity contribution is 5.97. The van der Waals surface area contributed by atoms with E-state index >= 15 is 0 Å². The Morgan fingerprint density at radius 1 is 1.30 bits per heavy atom. The number of anilines is 1. The summed E-state index contributed by atoms with van der Waals surface area (Å²) in [4.78, 5) is 23.1. The highest BCUT2D eigenvalue weighted by Crippen LogP contribution is 2.30. The molecule has 4 rings (SSSR count). The van der Waals surface area contributed by atoms with Crippen LogP contribution in [0.15, 0.2) is 42.9 Å². The van der Waals surface area contributed by atoms with Crippen LogP contribution < -0.4 is 10.1 Å². The minimum Gasteiger partial charge on any atom is -0.492 e. The number of carbonyl (C=O) groups excluding carboxylic acids is 1. The fourth-order valence-corrected chi connectivity index (χ4v) is 3.86. The zero-order chi connectivity index (χ0) is 21.3. The van der Waals surface area contributed by atoms with E-state index in [4.69, 9.17) is 4.74 Å². The van der Waals surface area contributed by atoms with Crippen LogP contribution in [0.1, 0.15) is 40.0 Å². The van der Waals surface area contributed by atoms with E-state index < -0.39 is 5.95 Å². The molecule has 0 aliphatic carbocycles. The monoisotopic (exact) mass is 409 g/mol. The van der Waals surface area contributed by atoms with Crippen LogP contribution in [0.4, 0.5) is 10.3 Å². The van der Waals surface area contributed by atoms with Crippen molar-refractivity contribution in [2.24, 2.45) is 0 Å². The van der Waals surface area contributed by atoms with Gasteiger partial charge in [0.15, 0.2) is 5.75 Å². The van der Waals surface area contributed by atoms with Crippen molar-refractivity contribution in [2.45, 2.75) is 25.9 Å². The molecule has 1 aliphatic rings. The summed E-state index contributed by atoms with van der Waals surface area (Å²) in [5, 5.41) is 3.05. The average molecular weight is 409 g/mol. The number of nitrogens with one attached hydrogen (secondary N) is 1. The number of aromatic nitrogens is 3. The van der Waals surface area contributed by atoms with Crippen LogP contribution in [0.5, 0.6) is 5.75 Å². The molecule has 0 bridgehead atoms. The average Bonchev–Trinajstić information content (AvgIpc) is 3.21. The zero-order valence-electron chi connectivity index (χ0n) is 17.2. The van der Waals surface area contributed by atoms with Crippen LogP contribution in [-0.2, 0) is 13.0 Å². The molecule has 0 radical (unpaired) electrons. The van der Waals surface area contributed by atoms with Gasteiger partial charge in [-0.2, -0.15) is 4.39 Å². The Bertz CT molecular complexity index is 1080. The third kappa shape index (κ3) is 3.60. The largest absolute Gasteiger partial charge is 0.492 e. The first kappa shape index (κ1) is 19.9. The second-order valence-electron chi connectivity index (χ2n) is 7.31. The molecule has 1 N–H and O–H groups in total. The Morgan fingerprint density at radius 2 is 2.13 bits per heavy atom. The number of hydrogen-bond acceptors (Lipinski definition) is 5. The summed E-state index contributed by atoms with van der Waals surface area (Å²) >= 11 is 0. The molecule has 0 spiro atoms. The van der Waals surface area contributed by atoms with Crippen LogP contribution in [0.2, 0.25) is 0 Å². The normalized spacial score (nSPS) is 14.4. The van der Waals surface area contributed by atoms with Crippen molar-refractivity contribution >= 4 is 11.9 Å². The first-order valence-corrected chi connectivity index (χ1v) is 9.83. The fraction of sp³-hybridized carbons (Fsp3) is 0.318. The number of fused-ring (bicyclic) bond motifs is 1. The van der Waals surface area contributed by atoms with Crippen LogP contribution in [0, 0.1) is 5.95 Å². The number of carbonyl (C=O) groups is 1. The summed E-state index contributed by atoms with van der Waals surface area (Å²) in [6, 6.07) is 7.40. The summed E-state index contributed by atoms with van der Waals surface area (Å²) in [7, 11) is 3.23. The van der Waals surface area contributed by atoms with E-state index in [2.05, 4.69) is 21.4 Å². The third-order valence-corrected chi connectivity index (χ3v) is 5.58. The Labute approximate surface area is 174 Å². The summed E-state index contributed by atoms with van der Waals surface area (Å²) in [6.45, 7) is 3.13. The lowest BCUT2D eigenvalue weighted by Gasteiger charge is -2.34. The highest BCUT2D eigenvalue weighted by Gasteiger charge is 2.29. The van der Waals surface area contributed by atoms with E-state index in [0.717, 1.165) is 29.1 Å². The molecule has 1 aliphatic heterocycles. The minimum atomic E-state index is -0.658. The molecule has 1 amide bonds. The van der Waals surface area contributed by atoms with E-state index in [9.17, 15) is 9.18 Å². The smallest absolute Gasteiger partial charge is 0.255 e. The lowest BCUT2D eigenvalue weighted by molar-refractivity contribution is 0.0672. The van der Waals surface area contributed by atoms with Gasteiger partial charge in [-0.25, -0.2) is 9.97 Å². The van der Waals surface area contributed by atoms with Gasteiger partial charge in [0, 0.05) is 37.7 Å². The Balaban J connectivity index is 1.59. The molecule has 3 aromatic rings. The maximum atomic E-state index is 13.7. The maximum Gasteiger partial charge on any atom is 0.255 e. The zero-order valence-corrected chi connectivity index (χ0v) is 17.2. The Hall–Kier alpha value is -3.42. The predicted molar refractivity (Wildman–Crippen MR) is 111 cm³/mol. The van der Waals surface area contributed by atoms with Crippen molar-refractivity contribution in [1.82, 2.24) is 19.4 Å². The van der Waals surface area contributed by atoms with Crippen molar-refractivity contribution in [3.05, 3.63) is 71.1 Å². The topological polar surface area (TPSA) is 72.3 Å².